The molecule has 0 heterocycles. The van der Waals surface area contributed by atoms with Crippen LogP contribution in [0.3, 0.4) is 0 Å². The zero-order valence-electron chi connectivity index (χ0n) is 9.81. The molecule has 0 aliphatic rings. The lowest BCUT2D eigenvalue weighted by Gasteiger charge is -2.14. The number of hydrogen-bond donors (Lipinski definition) is 1. The maximum atomic E-state index is 12.6. The van der Waals surface area contributed by atoms with Crippen LogP contribution in [-0.4, -0.2) is 31.4 Å². The second-order valence-electron chi connectivity index (χ2n) is 3.83. The molecule has 0 radical (unpaired) electrons. The summed E-state index contributed by atoms with van der Waals surface area (Å²) in [6, 6.07) is 3.42. The molecule has 1 amide bonds. The Balaban J connectivity index is 2.83. The standard InChI is InChI=1S/C11H12ClF3N2O/c1-17(2)10(18)6-16-7-3-4-9(12)8(5-7)11(13,14)15/h3-5,16H,6H2,1-2H3. The number of benzene rings is 1. The summed E-state index contributed by atoms with van der Waals surface area (Å²) in [6.45, 7) is -0.0775. The van der Waals surface area contributed by atoms with Gasteiger partial charge >= 0.3 is 6.18 Å². The van der Waals surface area contributed by atoms with Gasteiger partial charge in [-0.2, -0.15) is 13.2 Å². The van der Waals surface area contributed by atoms with Crippen LogP contribution >= 0.6 is 11.6 Å². The Bertz CT molecular complexity index is 446. The minimum absolute atomic E-state index is 0.0775. The van der Waals surface area contributed by atoms with E-state index in [-0.39, 0.29) is 23.2 Å². The first kappa shape index (κ1) is 14.6. The molecule has 1 aromatic carbocycles. The molecule has 1 N–H and O–H groups in total. The zero-order valence-corrected chi connectivity index (χ0v) is 10.6. The van der Waals surface area contributed by atoms with Crippen LogP contribution in [0.2, 0.25) is 5.02 Å². The quantitative estimate of drug-likeness (QED) is 0.923. The molecule has 0 aliphatic heterocycles. The summed E-state index contributed by atoms with van der Waals surface area (Å²) in [5.74, 6) is -0.237. The predicted octanol–water partition coefficient (Wildman–Crippen LogP) is 2.86. The fourth-order valence-electron chi connectivity index (χ4n) is 1.19. The van der Waals surface area contributed by atoms with Crippen molar-refractivity contribution in [2.75, 3.05) is 26.0 Å². The number of likely N-dealkylation sites (N-methyl/N-ethyl adjacent to an activating group) is 1. The van der Waals surface area contributed by atoms with Crippen LogP contribution in [0.5, 0.6) is 0 Å². The fraction of sp³-hybridized carbons (Fsp3) is 0.364. The lowest BCUT2D eigenvalue weighted by Crippen LogP contribution is -2.28. The van der Waals surface area contributed by atoms with E-state index in [1.165, 1.54) is 11.0 Å². The molecule has 1 rings (SSSR count). The monoisotopic (exact) mass is 280 g/mol. The van der Waals surface area contributed by atoms with Crippen molar-refractivity contribution in [3.63, 3.8) is 0 Å². The number of halogens is 4. The normalized spacial score (nSPS) is 11.2. The first-order valence-electron chi connectivity index (χ1n) is 5.02. The van der Waals surface area contributed by atoms with Crippen molar-refractivity contribution in [3.05, 3.63) is 28.8 Å². The third kappa shape index (κ3) is 3.80. The summed E-state index contributed by atoms with van der Waals surface area (Å²) >= 11 is 5.47. The second kappa shape index (κ2) is 5.48. The molecule has 3 nitrogen and oxygen atoms in total. The smallest absolute Gasteiger partial charge is 0.376 e. The Morgan fingerprint density at radius 2 is 2.00 bits per heavy atom. The molecule has 0 aromatic heterocycles. The van der Waals surface area contributed by atoms with Gasteiger partial charge in [0.1, 0.15) is 0 Å². The average molecular weight is 281 g/mol. The van der Waals surface area contributed by atoms with Gasteiger partial charge in [-0.3, -0.25) is 4.79 Å². The molecular weight excluding hydrogens is 269 g/mol. The van der Waals surface area contributed by atoms with E-state index in [1.54, 1.807) is 14.1 Å². The van der Waals surface area contributed by atoms with Gasteiger partial charge in [0.15, 0.2) is 0 Å². The van der Waals surface area contributed by atoms with Gasteiger partial charge in [0.05, 0.1) is 17.1 Å². The highest BCUT2D eigenvalue weighted by atomic mass is 35.5. The molecule has 100 valence electrons. The van der Waals surface area contributed by atoms with Gasteiger partial charge in [0, 0.05) is 19.8 Å². The number of nitrogens with one attached hydrogen (secondary N) is 1. The molecule has 7 heteroatoms. The number of hydrogen-bond acceptors (Lipinski definition) is 2. The van der Waals surface area contributed by atoms with Gasteiger partial charge in [0.25, 0.3) is 0 Å². The summed E-state index contributed by atoms with van der Waals surface area (Å²) in [4.78, 5) is 12.6. The number of anilines is 1. The molecule has 18 heavy (non-hydrogen) atoms. The molecule has 0 atom stereocenters. The highest BCUT2D eigenvalue weighted by Crippen LogP contribution is 2.36. The Kier molecular flexibility index (Phi) is 4.45. The van der Waals surface area contributed by atoms with E-state index in [0.717, 1.165) is 12.1 Å². The molecule has 0 bridgehead atoms. The van der Waals surface area contributed by atoms with Crippen LogP contribution in [0.25, 0.3) is 0 Å². The van der Waals surface area contributed by atoms with Crippen LogP contribution in [-0.2, 0) is 11.0 Å². The zero-order chi connectivity index (χ0) is 13.9. The predicted molar refractivity (Wildman–Crippen MR) is 63.6 cm³/mol. The van der Waals surface area contributed by atoms with Gasteiger partial charge < -0.3 is 10.2 Å². The summed E-state index contributed by atoms with van der Waals surface area (Å²) in [5, 5.41) is 2.25. The van der Waals surface area contributed by atoms with Crippen molar-refractivity contribution in [2.24, 2.45) is 0 Å². The lowest BCUT2D eigenvalue weighted by molar-refractivity contribution is -0.137. The van der Waals surface area contributed by atoms with Crippen molar-refractivity contribution >= 4 is 23.2 Å². The van der Waals surface area contributed by atoms with E-state index in [4.69, 9.17) is 11.6 Å². The van der Waals surface area contributed by atoms with E-state index in [9.17, 15) is 18.0 Å². The van der Waals surface area contributed by atoms with E-state index >= 15 is 0 Å². The van der Waals surface area contributed by atoms with Crippen molar-refractivity contribution < 1.29 is 18.0 Å². The van der Waals surface area contributed by atoms with Gasteiger partial charge in [-0.1, -0.05) is 11.6 Å². The minimum Gasteiger partial charge on any atom is -0.376 e. The number of carbonyl (C=O) groups excluding carboxylic acids is 1. The summed E-state index contributed by atoms with van der Waals surface area (Å²) in [7, 11) is 3.13. The van der Waals surface area contributed by atoms with Crippen LogP contribution in [0.1, 0.15) is 5.56 Å². The van der Waals surface area contributed by atoms with Gasteiger partial charge in [-0.15, -0.1) is 0 Å². The molecule has 0 unspecified atom stereocenters. The van der Waals surface area contributed by atoms with Crippen molar-refractivity contribution in [3.8, 4) is 0 Å². The van der Waals surface area contributed by atoms with Crippen molar-refractivity contribution in [2.45, 2.75) is 6.18 Å². The third-order valence-electron chi connectivity index (χ3n) is 2.21. The number of rotatable bonds is 3. The van der Waals surface area contributed by atoms with Crippen LogP contribution in [0.15, 0.2) is 18.2 Å². The number of nitrogens with zero attached hydrogens (tertiary/aromatic N) is 1. The molecule has 0 saturated heterocycles. The van der Waals surface area contributed by atoms with Crippen LogP contribution < -0.4 is 5.32 Å². The van der Waals surface area contributed by atoms with E-state index in [1.807, 2.05) is 0 Å². The summed E-state index contributed by atoms with van der Waals surface area (Å²) < 4.78 is 37.7. The van der Waals surface area contributed by atoms with Crippen LogP contribution in [0, 0.1) is 0 Å². The first-order valence-corrected chi connectivity index (χ1v) is 5.40. The van der Waals surface area contributed by atoms with Gasteiger partial charge in [-0.05, 0) is 18.2 Å². The van der Waals surface area contributed by atoms with Crippen molar-refractivity contribution in [1.82, 2.24) is 4.90 Å². The van der Waals surface area contributed by atoms with E-state index in [0.29, 0.717) is 0 Å². The largest absolute Gasteiger partial charge is 0.417 e. The van der Waals surface area contributed by atoms with Gasteiger partial charge in [-0.25, -0.2) is 0 Å². The Morgan fingerprint density at radius 3 is 2.50 bits per heavy atom. The lowest BCUT2D eigenvalue weighted by atomic mass is 10.2. The molecular formula is C11H12ClF3N2O. The second-order valence-corrected chi connectivity index (χ2v) is 4.24. The summed E-state index contributed by atoms with van der Waals surface area (Å²) in [5.41, 5.74) is -0.728. The molecule has 0 fully saturated rings. The van der Waals surface area contributed by atoms with Crippen LogP contribution in [0.4, 0.5) is 18.9 Å². The average Bonchev–Trinajstić information content (AvgIpc) is 2.25. The number of carbonyl (C=O) groups is 1. The molecule has 0 spiro atoms. The molecule has 1 aromatic rings. The van der Waals surface area contributed by atoms with E-state index in [2.05, 4.69) is 5.32 Å². The molecule has 0 aliphatic carbocycles. The van der Waals surface area contributed by atoms with Crippen molar-refractivity contribution in [1.29, 1.82) is 0 Å². The SMILES string of the molecule is CN(C)C(=O)CNc1ccc(Cl)c(C(F)(F)F)c1. The third-order valence-corrected chi connectivity index (χ3v) is 2.54. The highest BCUT2D eigenvalue weighted by Gasteiger charge is 2.33. The number of amides is 1. The van der Waals surface area contributed by atoms with E-state index < -0.39 is 11.7 Å². The Hall–Kier alpha value is -1.43. The Morgan fingerprint density at radius 1 is 1.39 bits per heavy atom. The topological polar surface area (TPSA) is 32.3 Å². The fourth-order valence-corrected chi connectivity index (χ4v) is 1.41. The Labute approximate surface area is 108 Å². The minimum atomic E-state index is -4.51. The maximum absolute atomic E-state index is 12.6. The maximum Gasteiger partial charge on any atom is 0.417 e. The summed E-state index contributed by atoms with van der Waals surface area (Å²) in [6.07, 6.45) is -4.51. The van der Waals surface area contributed by atoms with Gasteiger partial charge in [0.2, 0.25) is 5.91 Å². The highest BCUT2D eigenvalue weighted by molar-refractivity contribution is 6.31. The number of alkyl halides is 3. The molecule has 0 saturated carbocycles. The first-order chi connectivity index (χ1) is 8.21.